The molecule has 158 valence electrons. The van der Waals surface area contributed by atoms with Gasteiger partial charge in [-0.2, -0.15) is 5.10 Å². The second-order valence-corrected chi connectivity index (χ2v) is 10.8. The van der Waals surface area contributed by atoms with E-state index in [9.17, 15) is 19.5 Å². The summed E-state index contributed by atoms with van der Waals surface area (Å²) in [5, 5.41) is 26.8. The van der Waals surface area contributed by atoms with Gasteiger partial charge < -0.3 is 15.2 Å². The Labute approximate surface area is 191 Å². The average Bonchev–Trinajstić information content (AvgIpc) is 3.27. The van der Waals surface area contributed by atoms with Gasteiger partial charge in [0.1, 0.15) is 16.4 Å². The molecule has 4 rings (SSSR count). The Morgan fingerprint density at radius 1 is 1.43 bits per heavy atom. The Morgan fingerprint density at radius 2 is 2.20 bits per heavy atom. The number of hydrogen-bond donors (Lipinski definition) is 1. The molecule has 1 fully saturated rings. The first-order valence-corrected chi connectivity index (χ1v) is 12.2. The van der Waals surface area contributed by atoms with Crippen molar-refractivity contribution >= 4 is 68.6 Å². The van der Waals surface area contributed by atoms with E-state index in [4.69, 9.17) is 0 Å². The van der Waals surface area contributed by atoms with Crippen molar-refractivity contribution in [2.24, 2.45) is 7.05 Å². The second-order valence-electron chi connectivity index (χ2n) is 6.48. The molecule has 2 unspecified atom stereocenters. The molecule has 10 nitrogen and oxygen atoms in total. The van der Waals surface area contributed by atoms with Crippen LogP contribution in [0.15, 0.2) is 26.3 Å². The predicted molar refractivity (Wildman–Crippen MR) is 113 cm³/mol. The maximum Gasteiger partial charge on any atom is 0.273 e. The predicted octanol–water partition coefficient (Wildman–Crippen LogP) is 0.152. The highest BCUT2D eigenvalue weighted by molar-refractivity contribution is 9.10. The zero-order valence-corrected chi connectivity index (χ0v) is 19.7. The van der Waals surface area contributed by atoms with Crippen molar-refractivity contribution in [2.75, 3.05) is 11.5 Å². The molecule has 2 aromatic rings. The number of nitrogens with one attached hydrogen (secondary N) is 1. The number of carboxylic acid groups (broad SMARTS) is 1. The third-order valence-corrected chi connectivity index (χ3v) is 8.38. The Balaban J connectivity index is 1.49. The van der Waals surface area contributed by atoms with E-state index in [0.717, 1.165) is 9.35 Å². The molecule has 2 amide bonds. The van der Waals surface area contributed by atoms with Crippen LogP contribution in [-0.4, -0.2) is 65.6 Å². The van der Waals surface area contributed by atoms with Crippen LogP contribution in [0, 0.1) is 6.92 Å². The molecule has 30 heavy (non-hydrogen) atoms. The van der Waals surface area contributed by atoms with Gasteiger partial charge in [0.25, 0.3) is 11.8 Å². The number of thioether (sulfide) groups is 2. The molecule has 14 heteroatoms. The van der Waals surface area contributed by atoms with Gasteiger partial charge in [0.15, 0.2) is 10.0 Å². The zero-order valence-electron chi connectivity index (χ0n) is 15.6. The number of carbonyl (C=O) groups excluding carboxylic acids is 3. The van der Waals surface area contributed by atoms with Gasteiger partial charge in [-0.25, -0.2) is 0 Å². The van der Waals surface area contributed by atoms with Gasteiger partial charge in [-0.3, -0.25) is 19.2 Å². The lowest BCUT2D eigenvalue weighted by Crippen LogP contribution is -2.71. The molecule has 2 aliphatic heterocycles. The Hall–Kier alpha value is -1.90. The van der Waals surface area contributed by atoms with Crippen LogP contribution in [0.1, 0.15) is 15.5 Å². The number of carboxylic acids is 1. The Bertz CT molecular complexity index is 1080. The molecule has 2 aliphatic rings. The van der Waals surface area contributed by atoms with E-state index >= 15 is 0 Å². The SMILES string of the molecule is Cc1nnc(SCC2=C(C(=O)[O-])N3C(=O)C(NC(=O)c4nn(C)cc4Br)C3SC2)s1. The van der Waals surface area contributed by atoms with Crippen LogP contribution in [0.25, 0.3) is 0 Å². The van der Waals surface area contributed by atoms with E-state index < -0.39 is 29.2 Å². The monoisotopic (exact) mass is 529 g/mol. The number of aromatic nitrogens is 4. The number of fused-ring (bicyclic) bond motifs is 1. The highest BCUT2D eigenvalue weighted by Gasteiger charge is 2.53. The van der Waals surface area contributed by atoms with Crippen LogP contribution in [0.5, 0.6) is 0 Å². The molecule has 2 aromatic heterocycles. The minimum atomic E-state index is -1.41. The van der Waals surface area contributed by atoms with E-state index in [2.05, 4.69) is 36.5 Å². The molecule has 0 aromatic carbocycles. The minimum absolute atomic E-state index is 0.123. The van der Waals surface area contributed by atoms with Gasteiger partial charge in [0.2, 0.25) is 0 Å². The first kappa shape index (κ1) is 21.3. The van der Waals surface area contributed by atoms with Crippen LogP contribution >= 0.6 is 50.8 Å². The van der Waals surface area contributed by atoms with Crippen molar-refractivity contribution in [1.82, 2.24) is 30.2 Å². The first-order chi connectivity index (χ1) is 14.3. The lowest BCUT2D eigenvalue weighted by Gasteiger charge is -2.50. The van der Waals surface area contributed by atoms with E-state index in [1.54, 1.807) is 13.2 Å². The fourth-order valence-corrected chi connectivity index (χ4v) is 6.95. The summed E-state index contributed by atoms with van der Waals surface area (Å²) in [5.41, 5.74) is 0.617. The largest absolute Gasteiger partial charge is 0.543 e. The van der Waals surface area contributed by atoms with E-state index in [1.807, 2.05) is 6.92 Å². The van der Waals surface area contributed by atoms with Gasteiger partial charge in [0, 0.05) is 24.8 Å². The van der Waals surface area contributed by atoms with Crippen LogP contribution in [0.4, 0.5) is 0 Å². The fourth-order valence-electron chi connectivity index (χ4n) is 3.09. The quantitative estimate of drug-likeness (QED) is 0.409. The number of aliphatic carboxylic acids is 1. The zero-order chi connectivity index (χ0) is 21.6. The molecular weight excluding hydrogens is 516 g/mol. The highest BCUT2D eigenvalue weighted by Crippen LogP contribution is 2.41. The molecule has 0 aliphatic carbocycles. The summed E-state index contributed by atoms with van der Waals surface area (Å²) < 4.78 is 2.71. The van der Waals surface area contributed by atoms with E-state index in [0.29, 0.717) is 21.6 Å². The summed E-state index contributed by atoms with van der Waals surface area (Å²) in [6.07, 6.45) is 1.62. The molecule has 0 saturated carbocycles. The maximum atomic E-state index is 12.7. The maximum absolute atomic E-state index is 12.7. The number of rotatable bonds is 6. The summed E-state index contributed by atoms with van der Waals surface area (Å²) in [5.74, 6) is -1.63. The summed E-state index contributed by atoms with van der Waals surface area (Å²) >= 11 is 7.44. The number of halogens is 1. The number of carbonyl (C=O) groups is 3. The number of aryl methyl sites for hydroxylation is 2. The van der Waals surface area contributed by atoms with Gasteiger partial charge >= 0.3 is 0 Å². The van der Waals surface area contributed by atoms with Crippen molar-refractivity contribution in [3.8, 4) is 0 Å². The molecule has 0 bridgehead atoms. The summed E-state index contributed by atoms with van der Waals surface area (Å²) in [6.45, 7) is 1.84. The molecule has 1 saturated heterocycles. The fraction of sp³-hybridized carbons (Fsp3) is 0.375. The van der Waals surface area contributed by atoms with Crippen LogP contribution < -0.4 is 10.4 Å². The Kier molecular flexibility index (Phi) is 5.92. The van der Waals surface area contributed by atoms with E-state index in [-0.39, 0.29) is 11.4 Å². The summed E-state index contributed by atoms with van der Waals surface area (Å²) in [7, 11) is 1.67. The third kappa shape index (κ3) is 3.88. The van der Waals surface area contributed by atoms with Crippen molar-refractivity contribution in [3.63, 3.8) is 0 Å². The van der Waals surface area contributed by atoms with Crippen LogP contribution in [-0.2, 0) is 16.6 Å². The van der Waals surface area contributed by atoms with Crippen LogP contribution in [0.2, 0.25) is 0 Å². The third-order valence-electron chi connectivity index (χ3n) is 4.40. The van der Waals surface area contributed by atoms with E-state index in [1.165, 1.54) is 44.4 Å². The normalized spacial score (nSPS) is 20.8. The lowest BCUT2D eigenvalue weighted by atomic mass is 10.0. The molecule has 0 spiro atoms. The second kappa shape index (κ2) is 8.32. The van der Waals surface area contributed by atoms with Gasteiger partial charge in [-0.1, -0.05) is 23.1 Å². The van der Waals surface area contributed by atoms with Crippen molar-refractivity contribution in [3.05, 3.63) is 32.6 Å². The molecule has 4 heterocycles. The Morgan fingerprint density at radius 3 is 2.80 bits per heavy atom. The van der Waals surface area contributed by atoms with Gasteiger partial charge in [-0.15, -0.1) is 22.0 Å². The lowest BCUT2D eigenvalue weighted by molar-refractivity contribution is -0.301. The minimum Gasteiger partial charge on any atom is -0.543 e. The van der Waals surface area contributed by atoms with Gasteiger partial charge in [0.05, 0.1) is 16.1 Å². The highest BCUT2D eigenvalue weighted by atomic mass is 79.9. The average molecular weight is 530 g/mol. The summed E-state index contributed by atoms with van der Waals surface area (Å²) in [4.78, 5) is 38.2. The standard InChI is InChI=1S/C16H15BrN6O4S3/c1-6-19-20-16(30-6)29-5-7-4-28-14-10(13(25)23(14)11(7)15(26)27)18-12(24)9-8(17)3-22(2)21-9/h3,10,14H,4-5H2,1-2H3,(H,18,24)(H,26,27)/p-1. The first-order valence-electron chi connectivity index (χ1n) is 8.57. The van der Waals surface area contributed by atoms with Crippen molar-refractivity contribution in [1.29, 1.82) is 0 Å². The number of hydrogen-bond acceptors (Lipinski definition) is 10. The number of amides is 2. The van der Waals surface area contributed by atoms with Crippen molar-refractivity contribution in [2.45, 2.75) is 22.7 Å². The van der Waals surface area contributed by atoms with Crippen molar-refractivity contribution < 1.29 is 19.5 Å². The van der Waals surface area contributed by atoms with Gasteiger partial charge in [-0.05, 0) is 28.4 Å². The summed E-state index contributed by atoms with van der Waals surface area (Å²) in [6, 6.07) is -0.828. The molecular formula is C16H14BrN6O4S3-. The molecule has 0 radical (unpaired) electrons. The topological polar surface area (TPSA) is 133 Å². The number of β-lactam (4-membered cyclic amide) rings is 1. The molecule has 2 atom stereocenters. The van der Waals surface area contributed by atoms with Crippen LogP contribution in [0.3, 0.4) is 0 Å². The molecule has 1 N–H and O–H groups in total. The smallest absolute Gasteiger partial charge is 0.273 e. The number of nitrogens with zero attached hydrogens (tertiary/aromatic N) is 5.